The van der Waals surface area contributed by atoms with Gasteiger partial charge in [0.15, 0.2) is 0 Å². The van der Waals surface area contributed by atoms with Gasteiger partial charge in [-0.3, -0.25) is 14.3 Å². The van der Waals surface area contributed by atoms with Gasteiger partial charge in [-0.1, -0.05) is 6.92 Å². The van der Waals surface area contributed by atoms with Crippen LogP contribution < -0.4 is 9.46 Å². The van der Waals surface area contributed by atoms with Crippen LogP contribution >= 0.6 is 0 Å². The number of alkyl halides is 3. The molecule has 0 radical (unpaired) electrons. The van der Waals surface area contributed by atoms with Gasteiger partial charge in [0.05, 0.1) is 41.7 Å². The number of fused-ring (bicyclic) bond motifs is 1. The highest BCUT2D eigenvalue weighted by Crippen LogP contribution is 2.30. The van der Waals surface area contributed by atoms with Crippen LogP contribution in [0.4, 0.5) is 23.2 Å². The molecule has 0 spiro atoms. The second-order valence-corrected chi connectivity index (χ2v) is 13.6. The molecule has 0 aromatic heterocycles. The van der Waals surface area contributed by atoms with Crippen LogP contribution in [0.25, 0.3) is 0 Å². The Hall–Kier alpha value is -3.43. The fourth-order valence-corrected chi connectivity index (χ4v) is 6.14. The number of aliphatic hydroxyl groups excluding tert-OH is 1. The fraction of sp³-hybridized carbons (Fsp3) is 0.562. The second kappa shape index (κ2) is 16.6. The van der Waals surface area contributed by atoms with Crippen LogP contribution in [-0.2, 0) is 19.6 Å². The number of carbonyl (C=O) groups is 2. The second-order valence-electron chi connectivity index (χ2n) is 12.0. The number of ether oxygens (including phenoxy) is 2. The molecule has 2 amide bonds. The van der Waals surface area contributed by atoms with Gasteiger partial charge in [0.25, 0.3) is 15.9 Å². The SMILES string of the molecule is C[C@@H]1CCCCO[C@@H](CN(C)C(=O)CCC(F)(F)F)[C@H](C)CN([C@H](C)CO)C(=O)c2cc(NS(=O)(=O)c3ccc(F)cc3)ccc2O1. The van der Waals surface area contributed by atoms with Gasteiger partial charge in [0.1, 0.15) is 11.6 Å². The van der Waals surface area contributed by atoms with Crippen LogP contribution in [0.3, 0.4) is 0 Å². The summed E-state index contributed by atoms with van der Waals surface area (Å²) in [7, 11) is -2.74. The van der Waals surface area contributed by atoms with Gasteiger partial charge in [-0.15, -0.1) is 0 Å². The zero-order valence-electron chi connectivity index (χ0n) is 26.9. The summed E-state index contributed by atoms with van der Waals surface area (Å²) in [5, 5.41) is 10.1. The number of likely N-dealkylation sites (N-methyl/N-ethyl adjacent to an activating group) is 1. The van der Waals surface area contributed by atoms with E-state index in [4.69, 9.17) is 9.47 Å². The number of hydrogen-bond acceptors (Lipinski definition) is 7. The Labute approximate surface area is 273 Å². The number of carbonyl (C=O) groups excluding carboxylic acids is 2. The number of hydrogen-bond donors (Lipinski definition) is 2. The minimum Gasteiger partial charge on any atom is -0.490 e. The van der Waals surface area contributed by atoms with Crippen molar-refractivity contribution in [2.75, 3.05) is 38.1 Å². The van der Waals surface area contributed by atoms with Crippen molar-refractivity contribution in [1.29, 1.82) is 0 Å². The third-order valence-electron chi connectivity index (χ3n) is 7.93. The lowest BCUT2D eigenvalue weighted by Gasteiger charge is -2.36. The summed E-state index contributed by atoms with van der Waals surface area (Å²) < 4.78 is 92.3. The third kappa shape index (κ3) is 11.4. The zero-order valence-corrected chi connectivity index (χ0v) is 27.7. The molecule has 4 atom stereocenters. The number of nitrogens with zero attached hydrogens (tertiary/aromatic N) is 2. The Kier molecular flexibility index (Phi) is 13.4. The Bertz CT molecular complexity index is 1460. The summed E-state index contributed by atoms with van der Waals surface area (Å²) in [5.41, 5.74) is 0.0706. The lowest BCUT2D eigenvalue weighted by atomic mass is 10.0. The number of benzene rings is 2. The van der Waals surface area contributed by atoms with Crippen LogP contribution in [-0.4, -0.2) is 92.9 Å². The Morgan fingerprint density at radius 2 is 1.83 bits per heavy atom. The fourth-order valence-electron chi connectivity index (χ4n) is 5.09. The van der Waals surface area contributed by atoms with E-state index >= 15 is 0 Å². The molecule has 10 nitrogen and oxygen atoms in total. The third-order valence-corrected chi connectivity index (χ3v) is 9.33. The standard InChI is InChI=1S/C32H43F4N3O7S/c1-21-18-39(22(2)20-40)31(42)27-17-25(37-47(43,44)26-11-8-24(33)9-12-26)10-13-28(27)46-23(3)7-5-6-16-45-29(21)19-38(4)30(41)14-15-32(34,35)36/h8-13,17,21-23,29,37,40H,5-7,14-16,18-20H2,1-4H3/t21-,22-,23-,29+/m1/s1. The molecule has 0 saturated carbocycles. The lowest BCUT2D eigenvalue weighted by Crippen LogP contribution is -2.48. The largest absolute Gasteiger partial charge is 0.490 e. The molecule has 1 aliphatic heterocycles. The monoisotopic (exact) mass is 689 g/mol. The first-order chi connectivity index (χ1) is 22.0. The van der Waals surface area contributed by atoms with E-state index in [2.05, 4.69) is 4.72 Å². The average molecular weight is 690 g/mol. The smallest absolute Gasteiger partial charge is 0.389 e. The molecule has 2 aromatic carbocycles. The van der Waals surface area contributed by atoms with E-state index in [1.807, 2.05) is 6.92 Å². The minimum atomic E-state index is -4.47. The van der Waals surface area contributed by atoms with Crippen molar-refractivity contribution < 1.29 is 50.1 Å². The average Bonchev–Trinajstić information content (AvgIpc) is 3.00. The minimum absolute atomic E-state index is 0.0151. The molecule has 0 bridgehead atoms. The predicted octanol–water partition coefficient (Wildman–Crippen LogP) is 5.22. The number of aliphatic hydroxyl groups is 1. The highest BCUT2D eigenvalue weighted by atomic mass is 32.2. The maximum atomic E-state index is 14.2. The summed E-state index contributed by atoms with van der Waals surface area (Å²) >= 11 is 0. The van der Waals surface area contributed by atoms with Gasteiger partial charge in [-0.05, 0) is 75.6 Å². The number of anilines is 1. The van der Waals surface area contributed by atoms with Crippen LogP contribution in [0.1, 0.15) is 63.2 Å². The summed E-state index contributed by atoms with van der Waals surface area (Å²) in [6.45, 7) is 5.14. The molecule has 1 aliphatic rings. The number of sulfonamides is 1. The van der Waals surface area contributed by atoms with Crippen molar-refractivity contribution in [1.82, 2.24) is 9.80 Å². The molecular weight excluding hydrogens is 646 g/mol. The molecule has 0 unspecified atom stereocenters. The molecule has 15 heteroatoms. The van der Waals surface area contributed by atoms with E-state index in [0.717, 1.165) is 24.3 Å². The van der Waals surface area contributed by atoms with Crippen LogP contribution in [0.2, 0.25) is 0 Å². The first-order valence-corrected chi connectivity index (χ1v) is 16.9. The van der Waals surface area contributed by atoms with Gasteiger partial charge >= 0.3 is 6.18 Å². The van der Waals surface area contributed by atoms with Crippen molar-refractivity contribution in [3.8, 4) is 5.75 Å². The van der Waals surface area contributed by atoms with E-state index in [1.54, 1.807) is 13.8 Å². The van der Waals surface area contributed by atoms with Crippen LogP contribution in [0.15, 0.2) is 47.4 Å². The molecule has 2 aromatic rings. The molecule has 1 heterocycles. The Morgan fingerprint density at radius 3 is 2.47 bits per heavy atom. The number of amides is 2. The summed E-state index contributed by atoms with van der Waals surface area (Å²) in [6, 6.07) is 7.79. The highest BCUT2D eigenvalue weighted by Gasteiger charge is 2.32. The van der Waals surface area contributed by atoms with E-state index in [9.17, 15) is 40.7 Å². The molecule has 262 valence electrons. The number of halogens is 4. The van der Waals surface area contributed by atoms with Gasteiger partial charge in [0, 0.05) is 44.8 Å². The lowest BCUT2D eigenvalue weighted by molar-refractivity contribution is -0.149. The predicted molar refractivity (Wildman–Crippen MR) is 167 cm³/mol. The van der Waals surface area contributed by atoms with Crippen LogP contribution in [0, 0.1) is 11.7 Å². The first-order valence-electron chi connectivity index (χ1n) is 15.4. The molecule has 2 N–H and O–H groups in total. The van der Waals surface area contributed by atoms with Gasteiger partial charge in [0.2, 0.25) is 5.91 Å². The van der Waals surface area contributed by atoms with Crippen molar-refractivity contribution in [2.24, 2.45) is 5.92 Å². The maximum absolute atomic E-state index is 14.2. The van der Waals surface area contributed by atoms with E-state index in [1.165, 1.54) is 35.0 Å². The van der Waals surface area contributed by atoms with E-state index in [0.29, 0.717) is 25.9 Å². The normalized spacial score (nSPS) is 20.8. The molecule has 0 aliphatic carbocycles. The van der Waals surface area contributed by atoms with Crippen molar-refractivity contribution in [3.63, 3.8) is 0 Å². The van der Waals surface area contributed by atoms with E-state index < -0.39 is 71.3 Å². The highest BCUT2D eigenvalue weighted by molar-refractivity contribution is 7.92. The molecular formula is C32H43F4N3O7S. The Balaban J connectivity index is 1.95. The van der Waals surface area contributed by atoms with E-state index in [-0.39, 0.29) is 41.1 Å². The summed E-state index contributed by atoms with van der Waals surface area (Å²) in [6.07, 6.45) is -5.50. The van der Waals surface area contributed by atoms with Gasteiger partial charge < -0.3 is 24.4 Å². The topological polar surface area (TPSA) is 125 Å². The van der Waals surface area contributed by atoms with Crippen molar-refractivity contribution in [2.45, 2.75) is 82.2 Å². The van der Waals surface area contributed by atoms with Gasteiger partial charge in [-0.25, -0.2) is 12.8 Å². The van der Waals surface area contributed by atoms with Crippen LogP contribution in [0.5, 0.6) is 5.75 Å². The summed E-state index contributed by atoms with van der Waals surface area (Å²) in [4.78, 5) is 29.1. The molecule has 3 rings (SSSR count). The van der Waals surface area contributed by atoms with Crippen molar-refractivity contribution >= 4 is 27.5 Å². The summed E-state index contributed by atoms with van der Waals surface area (Å²) in [5.74, 6) is -2.11. The quantitative estimate of drug-likeness (QED) is 0.346. The Morgan fingerprint density at radius 1 is 1.15 bits per heavy atom. The molecule has 0 saturated heterocycles. The first kappa shape index (κ1) is 38.0. The maximum Gasteiger partial charge on any atom is 0.389 e. The molecule has 47 heavy (non-hydrogen) atoms. The number of rotatable bonds is 9. The number of nitrogens with one attached hydrogen (secondary N) is 1. The zero-order chi connectivity index (χ0) is 34.9. The molecule has 0 fully saturated rings. The van der Waals surface area contributed by atoms with Gasteiger partial charge in [-0.2, -0.15) is 13.2 Å². The van der Waals surface area contributed by atoms with Crippen molar-refractivity contribution in [3.05, 3.63) is 53.8 Å².